The highest BCUT2D eigenvalue weighted by molar-refractivity contribution is 6.14. The number of benzene rings is 4. The first-order valence-electron chi connectivity index (χ1n) is 13.2. The van der Waals surface area contributed by atoms with Crippen molar-refractivity contribution < 1.29 is 8.98 Å². The van der Waals surface area contributed by atoms with E-state index in [2.05, 4.69) is 104 Å². The molecule has 1 aliphatic carbocycles. The normalized spacial score (nSPS) is 14.6. The molecule has 2 aromatic heterocycles. The predicted molar refractivity (Wildman–Crippen MR) is 152 cm³/mol. The third-order valence-electron chi connectivity index (χ3n) is 8.18. The van der Waals surface area contributed by atoms with E-state index < -0.39 is 0 Å². The highest BCUT2D eigenvalue weighted by Gasteiger charge is 2.25. The number of aromatic nitrogens is 1. The Balaban J connectivity index is 1.41. The van der Waals surface area contributed by atoms with Gasteiger partial charge >= 0.3 is 0 Å². The average Bonchev–Trinajstić information content (AvgIpc) is 3.55. The maximum atomic E-state index is 10.1. The molecule has 182 valence electrons. The molecule has 0 bridgehead atoms. The van der Waals surface area contributed by atoms with Gasteiger partial charge in [0.25, 0.3) is 0 Å². The van der Waals surface area contributed by atoms with Gasteiger partial charge in [-0.2, -0.15) is 5.26 Å². The smallest absolute Gasteiger partial charge is 0.216 e. The van der Waals surface area contributed by atoms with Crippen molar-refractivity contribution in [1.29, 1.82) is 5.26 Å². The van der Waals surface area contributed by atoms with Gasteiger partial charge in [0.2, 0.25) is 5.69 Å². The molecule has 38 heavy (non-hydrogen) atoms. The zero-order valence-corrected chi connectivity index (χ0v) is 21.5. The van der Waals surface area contributed by atoms with E-state index in [1.807, 2.05) is 18.2 Å². The molecule has 2 heterocycles. The second-order valence-corrected chi connectivity index (χ2v) is 10.3. The number of hydrogen-bond acceptors (Lipinski definition) is 2. The summed E-state index contributed by atoms with van der Waals surface area (Å²) in [6, 6.07) is 34.4. The first-order valence-corrected chi connectivity index (χ1v) is 13.2. The molecule has 0 saturated carbocycles. The van der Waals surface area contributed by atoms with Gasteiger partial charge in [-0.1, -0.05) is 60.7 Å². The van der Waals surface area contributed by atoms with E-state index in [-0.39, 0.29) is 0 Å². The Kier molecular flexibility index (Phi) is 5.16. The minimum atomic E-state index is 0.426. The van der Waals surface area contributed by atoms with Crippen molar-refractivity contribution in [2.45, 2.75) is 25.7 Å². The average molecular weight is 492 g/mol. The molecule has 1 unspecified atom stereocenters. The first-order chi connectivity index (χ1) is 18.6. The van der Waals surface area contributed by atoms with Crippen molar-refractivity contribution >= 4 is 21.9 Å². The molecule has 3 nitrogen and oxygen atoms in total. The summed E-state index contributed by atoms with van der Waals surface area (Å²) in [5.74, 6) is 0.426. The number of nitrogens with zero attached hydrogens (tertiary/aromatic N) is 2. The fraction of sp³-hybridized carbons (Fsp3) is 0.143. The van der Waals surface area contributed by atoms with Crippen LogP contribution in [0.25, 0.3) is 44.3 Å². The van der Waals surface area contributed by atoms with Gasteiger partial charge in [0.1, 0.15) is 18.2 Å². The third kappa shape index (κ3) is 3.38. The van der Waals surface area contributed by atoms with Gasteiger partial charge in [0, 0.05) is 34.4 Å². The molecule has 0 N–H and O–H groups in total. The molecule has 4 aromatic carbocycles. The van der Waals surface area contributed by atoms with Crippen LogP contribution in [0.1, 0.15) is 40.2 Å². The lowest BCUT2D eigenvalue weighted by molar-refractivity contribution is -0.660. The van der Waals surface area contributed by atoms with Gasteiger partial charge in [0.15, 0.2) is 6.20 Å². The number of hydrogen-bond donors (Lipinski definition) is 0. The van der Waals surface area contributed by atoms with Crippen LogP contribution in [0.5, 0.6) is 0 Å². The summed E-state index contributed by atoms with van der Waals surface area (Å²) in [7, 11) is 2.06. The molecule has 0 saturated heterocycles. The molecule has 3 heteroatoms. The van der Waals surface area contributed by atoms with E-state index in [1.54, 1.807) is 0 Å². The Morgan fingerprint density at radius 2 is 1.55 bits per heavy atom. The summed E-state index contributed by atoms with van der Waals surface area (Å²) in [5.41, 5.74) is 11.7. The van der Waals surface area contributed by atoms with E-state index in [0.29, 0.717) is 11.5 Å². The molecule has 0 spiro atoms. The maximum absolute atomic E-state index is 10.1. The van der Waals surface area contributed by atoms with Crippen molar-refractivity contribution in [2.75, 3.05) is 0 Å². The topological polar surface area (TPSA) is 40.8 Å². The van der Waals surface area contributed by atoms with Gasteiger partial charge in [0.05, 0.1) is 17.2 Å². The van der Waals surface area contributed by atoms with Crippen molar-refractivity contribution in [2.24, 2.45) is 7.05 Å². The molecule has 1 atom stereocenters. The summed E-state index contributed by atoms with van der Waals surface area (Å²) in [6.45, 7) is 2.12. The van der Waals surface area contributed by atoms with E-state index in [9.17, 15) is 5.26 Å². The fourth-order valence-electron chi connectivity index (χ4n) is 6.27. The molecule has 0 fully saturated rings. The molecule has 1 aliphatic rings. The lowest BCUT2D eigenvalue weighted by Gasteiger charge is -2.13. The van der Waals surface area contributed by atoms with Crippen LogP contribution in [0, 0.1) is 18.3 Å². The highest BCUT2D eigenvalue weighted by Crippen LogP contribution is 2.43. The minimum Gasteiger partial charge on any atom is -0.454 e. The van der Waals surface area contributed by atoms with Crippen LogP contribution in [-0.4, -0.2) is 0 Å². The molecule has 0 aliphatic heterocycles. The number of nitriles is 1. The van der Waals surface area contributed by atoms with Crippen LogP contribution < -0.4 is 4.57 Å². The van der Waals surface area contributed by atoms with Crippen molar-refractivity contribution in [3.8, 4) is 28.5 Å². The summed E-state index contributed by atoms with van der Waals surface area (Å²) >= 11 is 0. The lowest BCUT2D eigenvalue weighted by Crippen LogP contribution is -2.30. The first kappa shape index (κ1) is 22.5. The Hall–Kier alpha value is -4.68. The van der Waals surface area contributed by atoms with Crippen molar-refractivity contribution in [1.82, 2.24) is 0 Å². The Bertz CT molecular complexity index is 1900. The number of aryl methyl sites for hydroxylation is 3. The number of pyridine rings is 1. The molecular formula is C35H27N2O+. The van der Waals surface area contributed by atoms with E-state index >= 15 is 0 Å². The lowest BCUT2D eigenvalue weighted by atomic mass is 9.90. The van der Waals surface area contributed by atoms with Gasteiger partial charge in [-0.25, -0.2) is 4.57 Å². The van der Waals surface area contributed by atoms with E-state index in [0.717, 1.165) is 62.7 Å². The molecule has 0 radical (unpaired) electrons. The van der Waals surface area contributed by atoms with Crippen molar-refractivity contribution in [3.63, 3.8) is 0 Å². The molecular weight excluding hydrogens is 464 g/mol. The molecule has 6 aromatic rings. The standard InChI is InChI=1S/C35H27N2O/c1-22-10-17-29-30-19-16-26(21-36)33(35(30)38-34(29)32(22)31-9-5-6-20-37(31)2)25-13-11-24(12-14-25)28-18-15-23-7-3-4-8-27(23)28/h3-14,16-17,19-20,28H,15,18H2,1-2H3/q+1. The Labute approximate surface area is 222 Å². The van der Waals surface area contributed by atoms with Crippen LogP contribution in [0.2, 0.25) is 0 Å². The SMILES string of the molecule is Cc1ccc2c(oc3c(-c4ccc(C5CCc6ccccc65)cc4)c(C#N)ccc32)c1-c1cccc[n+]1C. The maximum Gasteiger partial charge on any atom is 0.216 e. The van der Waals surface area contributed by atoms with Crippen LogP contribution >= 0.6 is 0 Å². The van der Waals surface area contributed by atoms with Crippen LogP contribution in [0.3, 0.4) is 0 Å². The van der Waals surface area contributed by atoms with Crippen LogP contribution in [0.15, 0.2) is 102 Å². The largest absolute Gasteiger partial charge is 0.454 e. The Morgan fingerprint density at radius 1 is 0.816 bits per heavy atom. The van der Waals surface area contributed by atoms with Crippen LogP contribution in [-0.2, 0) is 13.5 Å². The van der Waals surface area contributed by atoms with E-state index in [1.165, 1.54) is 16.7 Å². The molecule has 0 amide bonds. The van der Waals surface area contributed by atoms with Crippen LogP contribution in [0.4, 0.5) is 0 Å². The predicted octanol–water partition coefficient (Wildman–Crippen LogP) is 8.00. The van der Waals surface area contributed by atoms with Gasteiger partial charge in [-0.15, -0.1) is 0 Å². The number of rotatable bonds is 3. The number of fused-ring (bicyclic) bond motifs is 4. The van der Waals surface area contributed by atoms with Gasteiger partial charge in [-0.3, -0.25) is 0 Å². The van der Waals surface area contributed by atoms with Gasteiger partial charge < -0.3 is 4.42 Å². The zero-order valence-electron chi connectivity index (χ0n) is 21.5. The Morgan fingerprint density at radius 3 is 2.34 bits per heavy atom. The zero-order chi connectivity index (χ0) is 25.8. The summed E-state index contributed by atoms with van der Waals surface area (Å²) in [5, 5.41) is 12.2. The number of furan rings is 1. The monoisotopic (exact) mass is 491 g/mol. The van der Waals surface area contributed by atoms with Gasteiger partial charge in [-0.05, 0) is 65.8 Å². The highest BCUT2D eigenvalue weighted by atomic mass is 16.3. The second-order valence-electron chi connectivity index (χ2n) is 10.3. The van der Waals surface area contributed by atoms with E-state index in [4.69, 9.17) is 4.42 Å². The van der Waals surface area contributed by atoms with Crippen molar-refractivity contribution in [3.05, 3.63) is 125 Å². The third-order valence-corrected chi connectivity index (χ3v) is 8.18. The summed E-state index contributed by atoms with van der Waals surface area (Å²) in [4.78, 5) is 0. The molecule has 7 rings (SSSR count). The fourth-order valence-corrected chi connectivity index (χ4v) is 6.27. The summed E-state index contributed by atoms with van der Waals surface area (Å²) in [6.07, 6.45) is 4.32. The minimum absolute atomic E-state index is 0.426. The quantitative estimate of drug-likeness (QED) is 0.235. The summed E-state index contributed by atoms with van der Waals surface area (Å²) < 4.78 is 8.84. The second kappa shape index (κ2) is 8.71.